The van der Waals surface area contributed by atoms with Crippen molar-refractivity contribution in [2.45, 2.75) is 133 Å². The highest BCUT2D eigenvalue weighted by atomic mass is 16.5. The molecule has 63 heavy (non-hydrogen) atoms. The van der Waals surface area contributed by atoms with Crippen molar-refractivity contribution in [1.29, 1.82) is 0 Å². The van der Waals surface area contributed by atoms with Gasteiger partial charge in [-0.05, 0) is 102 Å². The molecule has 2 bridgehead atoms. The van der Waals surface area contributed by atoms with Gasteiger partial charge in [-0.2, -0.15) is 0 Å². The quantitative estimate of drug-likeness (QED) is 0.141. The highest BCUT2D eigenvalue weighted by Gasteiger charge is 2.55. The summed E-state index contributed by atoms with van der Waals surface area (Å²) in [5, 5.41) is 48.9. The van der Waals surface area contributed by atoms with Gasteiger partial charge in [0.25, 0.3) is 0 Å². The minimum atomic E-state index is -1.07. The number of aliphatic hydroxyl groups is 3. The molecule has 0 saturated heterocycles. The molecule has 5 heterocycles. The molecule has 2 spiro atoms. The summed E-state index contributed by atoms with van der Waals surface area (Å²) in [6.07, 6.45) is 17.3. The average molecular weight is 851 g/mol. The largest absolute Gasteiger partial charge is 0.508 e. The number of aryl methyl sites for hydroxylation is 1. The van der Waals surface area contributed by atoms with Crippen LogP contribution in [0.5, 0.6) is 17.2 Å². The molecule has 0 aromatic heterocycles. The fourth-order valence-corrected chi connectivity index (χ4v) is 13.1. The number of nitrogens with one attached hydrogen (secondary N) is 1. The van der Waals surface area contributed by atoms with Crippen molar-refractivity contribution in [1.82, 2.24) is 10.2 Å². The molecule has 11 nitrogen and oxygen atoms in total. The molecular weight excluding hydrogens is 793 g/mol. The van der Waals surface area contributed by atoms with E-state index in [1.54, 1.807) is 6.07 Å². The third-order valence-corrected chi connectivity index (χ3v) is 16.3. The zero-order chi connectivity index (χ0) is 43.2. The molecule has 9 aliphatic rings. The Hall–Kier alpha value is -4.88. The zero-order valence-electron chi connectivity index (χ0n) is 36.0. The number of phenolic OH excluding ortho intramolecular Hbond substituents is 1. The second kappa shape index (κ2) is 15.7. The van der Waals surface area contributed by atoms with Gasteiger partial charge in [0, 0.05) is 55.3 Å². The molecule has 328 valence electrons. The molecule has 5 aliphatic heterocycles. The molecule has 4 aliphatic carbocycles. The lowest BCUT2D eigenvalue weighted by Gasteiger charge is -2.50. The smallest absolute Gasteiger partial charge is 0.187 e. The van der Waals surface area contributed by atoms with E-state index in [1.165, 1.54) is 35.6 Å². The number of ether oxygens (including phenoxy) is 2. The number of aromatic hydroxyl groups is 1. The monoisotopic (exact) mass is 850 g/mol. The van der Waals surface area contributed by atoms with E-state index in [1.807, 2.05) is 19.1 Å². The number of allylic oxidation sites excluding steroid dienone is 2. The Kier molecular flexibility index (Phi) is 10.2. The Morgan fingerprint density at radius 1 is 1.05 bits per heavy atom. The molecule has 2 aromatic carbocycles. The van der Waals surface area contributed by atoms with Crippen LogP contribution in [0.3, 0.4) is 0 Å². The van der Waals surface area contributed by atoms with Gasteiger partial charge >= 0.3 is 0 Å². The summed E-state index contributed by atoms with van der Waals surface area (Å²) in [6.45, 7) is 3.33. The van der Waals surface area contributed by atoms with Gasteiger partial charge in [-0.15, -0.1) is 0 Å². The average Bonchev–Trinajstić information content (AvgIpc) is 4.09. The van der Waals surface area contributed by atoms with Crippen LogP contribution in [0.15, 0.2) is 65.0 Å². The van der Waals surface area contributed by atoms with Gasteiger partial charge in [-0.1, -0.05) is 74.7 Å². The van der Waals surface area contributed by atoms with E-state index < -0.39 is 41.8 Å². The number of nitrogens with two attached hydrogens (primary N) is 1. The van der Waals surface area contributed by atoms with Crippen molar-refractivity contribution >= 4 is 11.5 Å². The van der Waals surface area contributed by atoms with Gasteiger partial charge in [0.2, 0.25) is 0 Å². The molecule has 11 heteroatoms. The van der Waals surface area contributed by atoms with Crippen LogP contribution in [-0.4, -0.2) is 68.3 Å². The predicted molar refractivity (Wildman–Crippen MR) is 237 cm³/mol. The maximum atomic E-state index is 13.3. The van der Waals surface area contributed by atoms with Crippen LogP contribution < -0.4 is 20.5 Å². The Labute approximate surface area is 369 Å². The van der Waals surface area contributed by atoms with E-state index in [0.717, 1.165) is 73.9 Å². The van der Waals surface area contributed by atoms with Gasteiger partial charge in [0.05, 0.1) is 42.0 Å². The summed E-state index contributed by atoms with van der Waals surface area (Å²) in [7, 11) is 0. The minimum absolute atomic E-state index is 0.0121. The van der Waals surface area contributed by atoms with Gasteiger partial charge in [0.15, 0.2) is 17.7 Å². The third kappa shape index (κ3) is 6.85. The summed E-state index contributed by atoms with van der Waals surface area (Å²) >= 11 is 0. The Balaban J connectivity index is 0.984. The van der Waals surface area contributed by atoms with Crippen molar-refractivity contribution in [3.8, 4) is 41.1 Å². The van der Waals surface area contributed by atoms with E-state index in [2.05, 4.69) is 58.6 Å². The topological polar surface area (TPSA) is 170 Å². The summed E-state index contributed by atoms with van der Waals surface area (Å²) in [6, 6.07) is 7.42. The van der Waals surface area contributed by atoms with Crippen LogP contribution in [0, 0.1) is 52.5 Å². The van der Waals surface area contributed by atoms with Gasteiger partial charge in [-0.3, -0.25) is 15.1 Å². The van der Waals surface area contributed by atoms with Crippen LogP contribution in [0.2, 0.25) is 0 Å². The number of hydrogen-bond donors (Lipinski definition) is 6. The molecule has 2 fully saturated rings. The van der Waals surface area contributed by atoms with Gasteiger partial charge < -0.3 is 40.5 Å². The number of aliphatic hydroxyl groups excluding tert-OH is 3. The molecule has 10 atom stereocenters. The first-order valence-corrected chi connectivity index (χ1v) is 23.4. The van der Waals surface area contributed by atoms with Crippen LogP contribution in [0.25, 0.3) is 0 Å². The number of nitrogens with zero attached hydrogens (tertiary/aromatic N) is 2. The normalized spacial score (nSPS) is 32.8. The van der Waals surface area contributed by atoms with E-state index in [-0.39, 0.29) is 60.0 Å². The van der Waals surface area contributed by atoms with Crippen molar-refractivity contribution in [2.75, 3.05) is 13.1 Å². The number of benzene rings is 2. The molecule has 7 N–H and O–H groups in total. The van der Waals surface area contributed by atoms with E-state index in [0.29, 0.717) is 30.2 Å². The molecule has 2 aromatic rings. The first-order valence-electron chi connectivity index (χ1n) is 23.4. The molecule has 10 unspecified atom stereocenters. The number of hydrogen-bond acceptors (Lipinski definition) is 11. The number of rotatable bonds is 6. The zero-order valence-corrected chi connectivity index (χ0v) is 36.0. The first kappa shape index (κ1) is 40.9. The van der Waals surface area contributed by atoms with E-state index >= 15 is 0 Å². The lowest BCUT2D eigenvalue weighted by Crippen LogP contribution is -2.47. The Morgan fingerprint density at radius 2 is 1.84 bits per heavy atom. The first-order chi connectivity index (χ1) is 30.5. The van der Waals surface area contributed by atoms with E-state index in [9.17, 15) is 25.2 Å². The lowest BCUT2D eigenvalue weighted by atomic mass is 9.55. The van der Waals surface area contributed by atoms with Crippen molar-refractivity contribution < 1.29 is 34.7 Å². The highest BCUT2D eigenvalue weighted by Crippen LogP contribution is 2.64. The second-order valence-corrected chi connectivity index (χ2v) is 20.1. The molecule has 2 saturated carbocycles. The SMILES string of the molecule is CC1C=CC(C(O)CC(=O)CCc2cc3c(cc2O)OC#CC2(CCCC2)C2C#CC(O)c4ccc5c6c4C(C4=CN=C7CN(C=C47)C2O3)C2(CCCC2)CC6CNC5N)C(O)C1. The molecule has 0 radical (unpaired) electrons. The summed E-state index contributed by atoms with van der Waals surface area (Å²) in [5.41, 5.74) is 14.4. The maximum Gasteiger partial charge on any atom is 0.187 e. The molecule has 11 rings (SSSR count). The number of carbonyl (C=O) groups is 1. The summed E-state index contributed by atoms with van der Waals surface area (Å²) in [5.74, 6) is 10.6. The molecule has 0 amide bonds. The van der Waals surface area contributed by atoms with Crippen molar-refractivity contribution in [2.24, 2.45) is 39.3 Å². The number of fused-ring (bicyclic) bond motifs is 7. The Morgan fingerprint density at radius 3 is 2.65 bits per heavy atom. The number of ketones is 1. The number of Topliss-reactive ketones (excluding diaryl/α,β-unsaturated/α-hetero) is 1. The third-order valence-electron chi connectivity index (χ3n) is 16.3. The maximum absolute atomic E-state index is 13.3. The fraction of sp³-hybridized carbons (Fsp3) is 0.538. The van der Waals surface area contributed by atoms with Crippen LogP contribution >= 0.6 is 0 Å². The Bertz CT molecular complexity index is 2490. The number of aliphatic imine (C=N–C) groups is 1. The fourth-order valence-electron chi connectivity index (χ4n) is 13.1. The lowest BCUT2D eigenvalue weighted by molar-refractivity contribution is -0.122. The number of phenols is 1. The standard InChI is InChI=1S/C52H58N4O7/c1-29-6-9-33(42(60)20-29)43(61)22-32(57)8-7-30-21-45-44(23-41(30)59)62-19-18-51(14-2-3-15-51)38-12-13-40(58)34-10-11-35-46-31(25-55-49(35)53)24-52(16-4-5-17-52)48(47(34)46)36-26-54-39-28-56(27-37(36)39)50(38)63-45/h6,9-11,21,23,26-27,29,31,33,38,40,42-43,48-50,55,58-61H,2-5,7-8,14-17,20,22,24-25,28,53H2,1H3. The van der Waals surface area contributed by atoms with Gasteiger partial charge in [-0.25, -0.2) is 0 Å². The second-order valence-electron chi connectivity index (χ2n) is 20.1. The van der Waals surface area contributed by atoms with Crippen LogP contribution in [-0.2, 0) is 11.2 Å². The summed E-state index contributed by atoms with van der Waals surface area (Å²) in [4.78, 5) is 20.6. The highest BCUT2D eigenvalue weighted by molar-refractivity contribution is 6.10. The van der Waals surface area contributed by atoms with Crippen molar-refractivity contribution in [3.05, 3.63) is 87.8 Å². The summed E-state index contributed by atoms with van der Waals surface area (Å²) < 4.78 is 13.3. The number of carbonyl (C=O) groups excluding carboxylic acids is 1. The molecular formula is C52H58N4O7. The van der Waals surface area contributed by atoms with Crippen LogP contribution in [0.1, 0.15) is 136 Å². The van der Waals surface area contributed by atoms with Crippen molar-refractivity contribution in [3.63, 3.8) is 0 Å². The van der Waals surface area contributed by atoms with Crippen LogP contribution in [0.4, 0.5) is 0 Å². The minimum Gasteiger partial charge on any atom is -0.508 e. The van der Waals surface area contributed by atoms with E-state index in [4.69, 9.17) is 20.2 Å². The van der Waals surface area contributed by atoms with Gasteiger partial charge in [0.1, 0.15) is 23.7 Å². The predicted octanol–water partition coefficient (Wildman–Crippen LogP) is 6.43.